The van der Waals surface area contributed by atoms with Crippen LogP contribution in [0.4, 0.5) is 5.82 Å². The highest BCUT2D eigenvalue weighted by atomic mass is 16.7. The van der Waals surface area contributed by atoms with E-state index in [1.807, 2.05) is 4.90 Å². The van der Waals surface area contributed by atoms with Gasteiger partial charge in [0.25, 0.3) is 5.91 Å². The van der Waals surface area contributed by atoms with Crippen molar-refractivity contribution in [2.75, 3.05) is 39.1 Å². The second-order valence-corrected chi connectivity index (χ2v) is 6.79. The summed E-state index contributed by atoms with van der Waals surface area (Å²) >= 11 is 0. The summed E-state index contributed by atoms with van der Waals surface area (Å²) in [5.41, 5.74) is 7.40. The maximum atomic E-state index is 12.8. The van der Waals surface area contributed by atoms with Crippen molar-refractivity contribution in [3.8, 4) is 5.69 Å². The van der Waals surface area contributed by atoms with Crippen molar-refractivity contribution in [2.24, 2.45) is 0 Å². The fourth-order valence-electron chi connectivity index (χ4n) is 3.59. The van der Waals surface area contributed by atoms with Gasteiger partial charge in [0.05, 0.1) is 32.2 Å². The number of piperidine rings is 1. The van der Waals surface area contributed by atoms with Gasteiger partial charge in [0.1, 0.15) is 11.4 Å². The third-order valence-corrected chi connectivity index (χ3v) is 5.20. The fourth-order valence-corrected chi connectivity index (χ4v) is 3.59. The molecule has 3 heterocycles. The maximum absolute atomic E-state index is 12.8. The quantitative estimate of drug-likeness (QED) is 0.790. The molecule has 9 heteroatoms. The topological polar surface area (TPSA) is 109 Å². The molecule has 1 aromatic heterocycles. The van der Waals surface area contributed by atoms with Gasteiger partial charge in [-0.05, 0) is 24.3 Å². The summed E-state index contributed by atoms with van der Waals surface area (Å²) in [5.74, 6) is -0.907. The van der Waals surface area contributed by atoms with Crippen LogP contribution in [0.2, 0.25) is 0 Å². The Morgan fingerprint density at radius 3 is 2.39 bits per heavy atom. The van der Waals surface area contributed by atoms with Crippen molar-refractivity contribution in [1.82, 2.24) is 14.7 Å². The van der Waals surface area contributed by atoms with Gasteiger partial charge in [-0.2, -0.15) is 5.10 Å². The molecular formula is C19H22N4O5. The van der Waals surface area contributed by atoms with Gasteiger partial charge in [-0.1, -0.05) is 0 Å². The Hall–Kier alpha value is -2.91. The number of esters is 1. The van der Waals surface area contributed by atoms with Crippen molar-refractivity contribution in [3.05, 3.63) is 41.6 Å². The average molecular weight is 386 g/mol. The molecule has 1 spiro atoms. The normalized spacial score (nSPS) is 18.4. The number of nitrogen functional groups attached to an aromatic ring is 1. The molecule has 0 atom stereocenters. The van der Waals surface area contributed by atoms with Gasteiger partial charge in [-0.15, -0.1) is 0 Å². The highest BCUT2D eigenvalue weighted by Crippen LogP contribution is 2.31. The van der Waals surface area contributed by atoms with Gasteiger partial charge in [-0.25, -0.2) is 9.48 Å². The molecule has 4 rings (SSSR count). The monoisotopic (exact) mass is 386 g/mol. The lowest BCUT2D eigenvalue weighted by Crippen LogP contribution is -2.47. The minimum Gasteiger partial charge on any atom is -0.465 e. The number of rotatable bonds is 3. The lowest BCUT2D eigenvalue weighted by molar-refractivity contribution is -0.181. The highest BCUT2D eigenvalue weighted by molar-refractivity contribution is 5.95. The largest absolute Gasteiger partial charge is 0.465 e. The van der Waals surface area contributed by atoms with E-state index < -0.39 is 11.8 Å². The first kappa shape index (κ1) is 18.5. The second kappa shape index (κ2) is 7.25. The molecule has 2 aliphatic heterocycles. The summed E-state index contributed by atoms with van der Waals surface area (Å²) in [6.07, 6.45) is 2.71. The Labute approximate surface area is 161 Å². The summed E-state index contributed by atoms with van der Waals surface area (Å²) in [4.78, 5) is 26.3. The zero-order chi connectivity index (χ0) is 19.7. The third kappa shape index (κ3) is 3.23. The zero-order valence-electron chi connectivity index (χ0n) is 15.6. The van der Waals surface area contributed by atoms with Crippen molar-refractivity contribution in [3.63, 3.8) is 0 Å². The molecule has 9 nitrogen and oxygen atoms in total. The minimum atomic E-state index is -0.548. The van der Waals surface area contributed by atoms with Gasteiger partial charge >= 0.3 is 5.97 Å². The zero-order valence-corrected chi connectivity index (χ0v) is 15.6. The molecule has 2 aromatic rings. The van der Waals surface area contributed by atoms with Crippen LogP contribution in [0.25, 0.3) is 5.69 Å². The second-order valence-electron chi connectivity index (χ2n) is 6.79. The molecule has 1 amide bonds. The van der Waals surface area contributed by atoms with E-state index in [4.69, 9.17) is 15.2 Å². The van der Waals surface area contributed by atoms with Crippen LogP contribution < -0.4 is 5.73 Å². The molecule has 0 saturated carbocycles. The van der Waals surface area contributed by atoms with Crippen LogP contribution in [0.3, 0.4) is 0 Å². The van der Waals surface area contributed by atoms with Crippen LogP contribution in [0.1, 0.15) is 33.6 Å². The average Bonchev–Trinajstić information content (AvgIpc) is 3.34. The van der Waals surface area contributed by atoms with Crippen LogP contribution in [0, 0.1) is 0 Å². The SMILES string of the molecule is COC(=O)c1cnn(-c2ccc(C(=O)N3CCC4(CC3)OCCO4)cc2)c1N. The number of hydrogen-bond donors (Lipinski definition) is 1. The van der Waals surface area contributed by atoms with Crippen LogP contribution >= 0.6 is 0 Å². The van der Waals surface area contributed by atoms with Gasteiger partial charge in [-0.3, -0.25) is 4.79 Å². The van der Waals surface area contributed by atoms with E-state index in [2.05, 4.69) is 9.84 Å². The van der Waals surface area contributed by atoms with Gasteiger partial charge < -0.3 is 24.8 Å². The predicted molar refractivity (Wildman–Crippen MR) is 99.1 cm³/mol. The number of nitrogens with zero attached hydrogens (tertiary/aromatic N) is 3. The Bertz CT molecular complexity index is 876. The van der Waals surface area contributed by atoms with Crippen molar-refractivity contribution in [2.45, 2.75) is 18.6 Å². The molecule has 0 radical (unpaired) electrons. The number of carbonyl (C=O) groups is 2. The molecule has 1 aromatic carbocycles. The number of methoxy groups -OCH3 is 1. The Morgan fingerprint density at radius 1 is 1.14 bits per heavy atom. The van der Waals surface area contributed by atoms with Gasteiger partial charge in [0.2, 0.25) is 0 Å². The number of carbonyl (C=O) groups excluding carboxylic acids is 2. The smallest absolute Gasteiger partial charge is 0.343 e. The molecule has 2 saturated heterocycles. The summed E-state index contributed by atoms with van der Waals surface area (Å²) in [7, 11) is 1.28. The lowest BCUT2D eigenvalue weighted by atomic mass is 10.0. The molecule has 2 aliphatic rings. The van der Waals surface area contributed by atoms with E-state index in [0.717, 1.165) is 0 Å². The number of aromatic nitrogens is 2. The predicted octanol–water partition coefficient (Wildman–Crippen LogP) is 1.22. The van der Waals surface area contributed by atoms with Crippen molar-refractivity contribution < 1.29 is 23.8 Å². The van der Waals surface area contributed by atoms with E-state index in [1.165, 1.54) is 18.0 Å². The Morgan fingerprint density at radius 2 is 1.79 bits per heavy atom. The maximum Gasteiger partial charge on any atom is 0.343 e. The minimum absolute atomic E-state index is 0.0388. The van der Waals surface area contributed by atoms with Gasteiger partial charge in [0, 0.05) is 31.5 Å². The Balaban J connectivity index is 1.46. The first-order valence-electron chi connectivity index (χ1n) is 9.12. The first-order valence-corrected chi connectivity index (χ1v) is 9.12. The van der Waals surface area contributed by atoms with E-state index in [9.17, 15) is 9.59 Å². The van der Waals surface area contributed by atoms with Crippen LogP contribution in [-0.2, 0) is 14.2 Å². The summed E-state index contributed by atoms with van der Waals surface area (Å²) in [5, 5.41) is 4.13. The number of nitrogens with two attached hydrogens (primary N) is 1. The number of hydrogen-bond acceptors (Lipinski definition) is 7. The van der Waals surface area contributed by atoms with Crippen LogP contribution in [-0.4, -0.2) is 65.8 Å². The van der Waals surface area contributed by atoms with E-state index in [0.29, 0.717) is 50.4 Å². The standard InChI is InChI=1S/C19H22N4O5/c1-26-18(25)15-12-21-23(16(15)20)14-4-2-13(3-5-14)17(24)22-8-6-19(7-9-22)27-10-11-28-19/h2-5,12H,6-11,20H2,1H3. The summed E-state index contributed by atoms with van der Waals surface area (Å²) in [6, 6.07) is 6.94. The highest BCUT2D eigenvalue weighted by Gasteiger charge is 2.40. The number of likely N-dealkylation sites (tertiary alicyclic amines) is 1. The van der Waals surface area contributed by atoms with Crippen LogP contribution in [0.5, 0.6) is 0 Å². The molecule has 0 aliphatic carbocycles. The third-order valence-electron chi connectivity index (χ3n) is 5.20. The molecule has 2 fully saturated rings. The lowest BCUT2D eigenvalue weighted by Gasteiger charge is -2.37. The number of anilines is 1. The molecule has 148 valence electrons. The van der Waals surface area contributed by atoms with E-state index in [1.54, 1.807) is 24.3 Å². The summed E-state index contributed by atoms with van der Waals surface area (Å²) < 4.78 is 17.5. The molecule has 0 bridgehead atoms. The first-order chi connectivity index (χ1) is 13.5. The molecule has 2 N–H and O–H groups in total. The molecule has 0 unspecified atom stereocenters. The fraction of sp³-hybridized carbons (Fsp3) is 0.421. The van der Waals surface area contributed by atoms with Crippen molar-refractivity contribution in [1.29, 1.82) is 0 Å². The van der Waals surface area contributed by atoms with Crippen molar-refractivity contribution >= 4 is 17.7 Å². The van der Waals surface area contributed by atoms with E-state index in [-0.39, 0.29) is 17.3 Å². The number of amides is 1. The molecular weight excluding hydrogens is 364 g/mol. The summed E-state index contributed by atoms with van der Waals surface area (Å²) in [6.45, 7) is 2.41. The molecule has 28 heavy (non-hydrogen) atoms. The van der Waals surface area contributed by atoms with E-state index >= 15 is 0 Å². The van der Waals surface area contributed by atoms with Gasteiger partial charge in [0.15, 0.2) is 5.79 Å². The number of benzene rings is 1. The Kier molecular flexibility index (Phi) is 4.78. The van der Waals surface area contributed by atoms with Crippen LogP contribution in [0.15, 0.2) is 30.5 Å². The number of ether oxygens (including phenoxy) is 3.